The molecule has 1 saturated heterocycles. The van der Waals surface area contributed by atoms with E-state index in [2.05, 4.69) is 30.9 Å². The average molecular weight is 458 g/mol. The number of carbonyl (C=O) groups is 1. The highest BCUT2D eigenvalue weighted by Gasteiger charge is 2.20. The van der Waals surface area contributed by atoms with E-state index in [0.29, 0.717) is 6.54 Å². The second-order valence-corrected chi connectivity index (χ2v) is 8.55. The second kappa shape index (κ2) is 10.9. The number of thiazole rings is 1. The Bertz CT molecular complexity index is 1050. The number of fused-ring (bicyclic) bond motifs is 1. The van der Waals surface area contributed by atoms with Crippen LogP contribution in [0, 0.1) is 13.8 Å². The number of halogens is 1. The van der Waals surface area contributed by atoms with Gasteiger partial charge in [0.2, 0.25) is 0 Å². The third-order valence-corrected chi connectivity index (χ3v) is 6.58. The van der Waals surface area contributed by atoms with Crippen molar-refractivity contribution in [3.8, 4) is 0 Å². The smallest absolute Gasteiger partial charge is 0.252 e. The number of benzene rings is 2. The third-order valence-electron chi connectivity index (χ3n) is 5.53. The molecule has 1 aliphatic heterocycles. The Morgan fingerprint density at radius 1 is 1.16 bits per heavy atom. The molecule has 2 aromatic carbocycles. The number of ether oxygens (including phenoxy) is 1. The van der Waals surface area contributed by atoms with Gasteiger partial charge in [0.05, 0.1) is 23.4 Å². The number of nitrogens with zero attached hydrogens (tertiary/aromatic N) is 3. The van der Waals surface area contributed by atoms with Gasteiger partial charge in [-0.3, -0.25) is 14.6 Å². The summed E-state index contributed by atoms with van der Waals surface area (Å²) in [5.74, 6) is -0.0412. The summed E-state index contributed by atoms with van der Waals surface area (Å²) in [5.41, 5.74) is 4.39. The number of aromatic nitrogens is 1. The van der Waals surface area contributed by atoms with Crippen LogP contribution in [0.25, 0.3) is 16.3 Å². The molecule has 0 atom stereocenters. The number of hydrogen-bond donors (Lipinski definition) is 0. The summed E-state index contributed by atoms with van der Waals surface area (Å²) < 4.78 is 6.56. The van der Waals surface area contributed by atoms with E-state index in [9.17, 15) is 4.79 Å². The van der Waals surface area contributed by atoms with E-state index in [1.54, 1.807) is 17.4 Å². The molecule has 164 valence electrons. The van der Waals surface area contributed by atoms with Gasteiger partial charge in [0.15, 0.2) is 5.13 Å². The van der Waals surface area contributed by atoms with Crippen molar-refractivity contribution in [2.24, 2.45) is 0 Å². The van der Waals surface area contributed by atoms with Crippen molar-refractivity contribution in [2.75, 3.05) is 44.3 Å². The standard InChI is InChI=1S/C24H27N3O2S.ClH/c1-18-8-10-21-23(19(18)2)25-24(30-21)27(13-12-26-14-16-29-17-15-26)22(28)11-9-20-6-4-3-5-7-20;/h3-11H,12-17H2,1-2H3;1H/b11-9+;. The maximum absolute atomic E-state index is 13.2. The monoisotopic (exact) mass is 457 g/mol. The molecular weight excluding hydrogens is 430 g/mol. The number of rotatable bonds is 6. The topological polar surface area (TPSA) is 45.7 Å². The van der Waals surface area contributed by atoms with Crippen LogP contribution in [0.5, 0.6) is 0 Å². The highest BCUT2D eigenvalue weighted by atomic mass is 35.5. The van der Waals surface area contributed by atoms with Crippen molar-refractivity contribution in [2.45, 2.75) is 13.8 Å². The first kappa shape index (κ1) is 23.4. The first-order valence-corrected chi connectivity index (χ1v) is 11.1. The highest BCUT2D eigenvalue weighted by molar-refractivity contribution is 7.22. The van der Waals surface area contributed by atoms with E-state index in [-0.39, 0.29) is 18.3 Å². The number of carbonyl (C=O) groups excluding carboxylic acids is 1. The van der Waals surface area contributed by atoms with Gasteiger partial charge in [-0.2, -0.15) is 0 Å². The van der Waals surface area contributed by atoms with Crippen LogP contribution >= 0.6 is 23.7 Å². The van der Waals surface area contributed by atoms with Gasteiger partial charge in [-0.1, -0.05) is 47.7 Å². The minimum absolute atomic E-state index is 0. The summed E-state index contributed by atoms with van der Waals surface area (Å²) in [4.78, 5) is 22.2. The van der Waals surface area contributed by atoms with Crippen molar-refractivity contribution in [3.05, 3.63) is 65.2 Å². The molecule has 1 amide bonds. The Labute approximate surface area is 193 Å². The lowest BCUT2D eigenvalue weighted by Crippen LogP contribution is -2.42. The zero-order chi connectivity index (χ0) is 20.9. The lowest BCUT2D eigenvalue weighted by atomic mass is 10.1. The molecule has 0 aliphatic carbocycles. The minimum Gasteiger partial charge on any atom is -0.379 e. The largest absolute Gasteiger partial charge is 0.379 e. The summed E-state index contributed by atoms with van der Waals surface area (Å²) in [6, 6.07) is 14.1. The van der Waals surface area contributed by atoms with Crippen molar-refractivity contribution in [3.63, 3.8) is 0 Å². The predicted octanol–water partition coefficient (Wildman–Crippen LogP) is 4.71. The van der Waals surface area contributed by atoms with E-state index in [0.717, 1.165) is 53.8 Å². The number of aryl methyl sites for hydroxylation is 2. The van der Waals surface area contributed by atoms with E-state index in [1.807, 2.05) is 41.3 Å². The zero-order valence-corrected chi connectivity index (χ0v) is 19.5. The summed E-state index contributed by atoms with van der Waals surface area (Å²) in [5, 5.41) is 0.759. The van der Waals surface area contributed by atoms with Gasteiger partial charge < -0.3 is 4.74 Å². The van der Waals surface area contributed by atoms with E-state index in [4.69, 9.17) is 9.72 Å². The van der Waals surface area contributed by atoms with Crippen molar-refractivity contribution >= 4 is 51.1 Å². The van der Waals surface area contributed by atoms with Crippen LogP contribution < -0.4 is 4.90 Å². The Balaban J connectivity index is 0.00000272. The number of amides is 1. The summed E-state index contributed by atoms with van der Waals surface area (Å²) in [7, 11) is 0. The lowest BCUT2D eigenvalue weighted by molar-refractivity contribution is -0.114. The molecule has 0 spiro atoms. The van der Waals surface area contributed by atoms with E-state index < -0.39 is 0 Å². The molecule has 2 heterocycles. The van der Waals surface area contributed by atoms with Crippen LogP contribution in [0.3, 0.4) is 0 Å². The molecule has 5 nitrogen and oxygen atoms in total. The fraction of sp³-hybridized carbons (Fsp3) is 0.333. The Morgan fingerprint density at radius 2 is 1.90 bits per heavy atom. The van der Waals surface area contributed by atoms with Crippen molar-refractivity contribution in [1.29, 1.82) is 0 Å². The van der Waals surface area contributed by atoms with Crippen LogP contribution in [0.15, 0.2) is 48.5 Å². The van der Waals surface area contributed by atoms with Crippen LogP contribution in [-0.2, 0) is 9.53 Å². The minimum atomic E-state index is -0.0412. The average Bonchev–Trinajstić information content (AvgIpc) is 3.21. The normalized spacial score (nSPS) is 14.6. The Hall–Kier alpha value is -2.25. The molecule has 0 N–H and O–H groups in total. The zero-order valence-electron chi connectivity index (χ0n) is 17.9. The van der Waals surface area contributed by atoms with Gasteiger partial charge in [0.1, 0.15) is 0 Å². The predicted molar refractivity (Wildman–Crippen MR) is 131 cm³/mol. The van der Waals surface area contributed by atoms with Gasteiger partial charge in [0.25, 0.3) is 5.91 Å². The molecule has 1 fully saturated rings. The Kier molecular flexibility index (Phi) is 8.21. The van der Waals surface area contributed by atoms with E-state index >= 15 is 0 Å². The molecule has 4 rings (SSSR count). The first-order valence-electron chi connectivity index (χ1n) is 10.3. The molecule has 0 saturated carbocycles. The highest BCUT2D eigenvalue weighted by Crippen LogP contribution is 2.32. The summed E-state index contributed by atoms with van der Waals surface area (Å²) >= 11 is 1.58. The van der Waals surface area contributed by atoms with Gasteiger partial charge in [0, 0.05) is 32.3 Å². The van der Waals surface area contributed by atoms with Gasteiger partial charge in [-0.25, -0.2) is 4.98 Å². The number of hydrogen-bond acceptors (Lipinski definition) is 5. The first-order chi connectivity index (χ1) is 14.6. The molecule has 3 aromatic rings. The lowest BCUT2D eigenvalue weighted by Gasteiger charge is -2.28. The third kappa shape index (κ3) is 5.71. The van der Waals surface area contributed by atoms with Crippen LogP contribution in [0.2, 0.25) is 0 Å². The van der Waals surface area contributed by atoms with Crippen molar-refractivity contribution in [1.82, 2.24) is 9.88 Å². The number of anilines is 1. The maximum atomic E-state index is 13.2. The molecule has 0 unspecified atom stereocenters. The van der Waals surface area contributed by atoms with Gasteiger partial charge >= 0.3 is 0 Å². The van der Waals surface area contributed by atoms with Crippen molar-refractivity contribution < 1.29 is 9.53 Å². The Morgan fingerprint density at radius 3 is 2.65 bits per heavy atom. The quantitative estimate of drug-likeness (QED) is 0.503. The molecule has 7 heteroatoms. The number of morpholine rings is 1. The molecule has 1 aromatic heterocycles. The van der Waals surface area contributed by atoms with Gasteiger partial charge in [-0.05, 0) is 42.7 Å². The van der Waals surface area contributed by atoms with Crippen LogP contribution in [-0.4, -0.2) is 55.2 Å². The summed E-state index contributed by atoms with van der Waals surface area (Å²) in [6.45, 7) is 8.91. The molecule has 0 bridgehead atoms. The van der Waals surface area contributed by atoms with Gasteiger partial charge in [-0.15, -0.1) is 12.4 Å². The van der Waals surface area contributed by atoms with Crippen LogP contribution in [0.4, 0.5) is 5.13 Å². The maximum Gasteiger partial charge on any atom is 0.252 e. The molecular formula is C24H28ClN3O2S. The fourth-order valence-electron chi connectivity index (χ4n) is 3.52. The summed E-state index contributed by atoms with van der Waals surface area (Å²) in [6.07, 6.45) is 3.52. The second-order valence-electron chi connectivity index (χ2n) is 7.54. The van der Waals surface area contributed by atoms with E-state index in [1.165, 1.54) is 11.1 Å². The molecule has 0 radical (unpaired) electrons. The van der Waals surface area contributed by atoms with Crippen LogP contribution in [0.1, 0.15) is 16.7 Å². The molecule has 1 aliphatic rings. The SMILES string of the molecule is Cc1ccc2sc(N(CCN3CCOCC3)C(=O)/C=C/c3ccccc3)nc2c1C.Cl. The molecule has 31 heavy (non-hydrogen) atoms. The fourth-order valence-corrected chi connectivity index (χ4v) is 4.57.